The monoisotopic (exact) mass is 282 g/mol. The molecule has 2 rings (SSSR count). The molecule has 100 valence electrons. The third-order valence-electron chi connectivity index (χ3n) is 2.88. The van der Waals surface area contributed by atoms with Gasteiger partial charge in [-0.3, -0.25) is 4.79 Å². The predicted molar refractivity (Wildman–Crippen MR) is 80.5 cm³/mol. The van der Waals surface area contributed by atoms with Crippen molar-refractivity contribution < 1.29 is 4.79 Å². The molecule has 0 radical (unpaired) electrons. The maximum absolute atomic E-state index is 11.0. The largest absolute Gasteiger partial charge is 0.366 e. The minimum atomic E-state index is -0.400. The van der Waals surface area contributed by atoms with Crippen molar-refractivity contribution in [1.29, 1.82) is 5.26 Å². The molecule has 0 fully saturated rings. The molecule has 0 atom stereocenters. The molecular formula is C16H14N2OS. The fourth-order valence-corrected chi connectivity index (χ4v) is 2.65. The molecule has 0 heterocycles. The number of hydrogen-bond acceptors (Lipinski definition) is 3. The Morgan fingerprint density at radius 2 is 1.75 bits per heavy atom. The second-order valence-electron chi connectivity index (χ2n) is 4.30. The summed E-state index contributed by atoms with van der Waals surface area (Å²) in [5.41, 5.74) is 7.59. The standard InChI is InChI=1S/C16H14N2OS/c17-11-13-3-7-15(8-4-13)20-10-9-12-1-5-14(6-2-12)16(18)19/h1-8H,9-10H2,(H2,18,19). The van der Waals surface area contributed by atoms with Crippen LogP contribution in [0.5, 0.6) is 0 Å². The first-order valence-electron chi connectivity index (χ1n) is 6.21. The molecule has 1 amide bonds. The minimum absolute atomic E-state index is 0.400. The lowest BCUT2D eigenvalue weighted by atomic mass is 10.1. The molecule has 2 aromatic rings. The zero-order valence-electron chi connectivity index (χ0n) is 10.9. The van der Waals surface area contributed by atoms with E-state index in [0.717, 1.165) is 17.1 Å². The minimum Gasteiger partial charge on any atom is -0.366 e. The number of carbonyl (C=O) groups is 1. The van der Waals surface area contributed by atoms with E-state index in [9.17, 15) is 4.79 Å². The van der Waals surface area contributed by atoms with Crippen LogP contribution < -0.4 is 5.73 Å². The van der Waals surface area contributed by atoms with Gasteiger partial charge in [0.05, 0.1) is 11.6 Å². The van der Waals surface area contributed by atoms with Crippen LogP contribution in [0.2, 0.25) is 0 Å². The first-order valence-corrected chi connectivity index (χ1v) is 7.19. The van der Waals surface area contributed by atoms with Gasteiger partial charge >= 0.3 is 0 Å². The molecule has 2 N–H and O–H groups in total. The van der Waals surface area contributed by atoms with Gasteiger partial charge in [0.25, 0.3) is 0 Å². The molecule has 20 heavy (non-hydrogen) atoms. The number of nitrogens with zero attached hydrogens (tertiary/aromatic N) is 1. The highest BCUT2D eigenvalue weighted by Crippen LogP contribution is 2.19. The molecule has 4 heteroatoms. The van der Waals surface area contributed by atoms with Gasteiger partial charge in [0.15, 0.2) is 0 Å². The summed E-state index contributed by atoms with van der Waals surface area (Å²) in [6.07, 6.45) is 0.920. The number of carbonyl (C=O) groups excluding carboxylic acids is 1. The van der Waals surface area contributed by atoms with Crippen molar-refractivity contribution in [3.05, 3.63) is 65.2 Å². The Labute approximate surface area is 122 Å². The maximum Gasteiger partial charge on any atom is 0.248 e. The van der Waals surface area contributed by atoms with Gasteiger partial charge in [-0.05, 0) is 48.4 Å². The smallest absolute Gasteiger partial charge is 0.248 e. The molecule has 0 aliphatic rings. The highest BCUT2D eigenvalue weighted by atomic mass is 32.2. The normalized spacial score (nSPS) is 9.95. The van der Waals surface area contributed by atoms with Crippen LogP contribution in [0, 0.1) is 11.3 Å². The highest BCUT2D eigenvalue weighted by molar-refractivity contribution is 7.99. The van der Waals surface area contributed by atoms with E-state index < -0.39 is 5.91 Å². The third-order valence-corrected chi connectivity index (χ3v) is 3.90. The molecular weight excluding hydrogens is 268 g/mol. The number of hydrogen-bond donors (Lipinski definition) is 1. The molecule has 0 bridgehead atoms. The van der Waals surface area contributed by atoms with Crippen LogP contribution in [0.15, 0.2) is 53.4 Å². The van der Waals surface area contributed by atoms with Crippen LogP contribution in [0.3, 0.4) is 0 Å². The number of nitrogens with two attached hydrogens (primary N) is 1. The van der Waals surface area contributed by atoms with Gasteiger partial charge < -0.3 is 5.73 Å². The zero-order chi connectivity index (χ0) is 14.4. The Kier molecular flexibility index (Phi) is 4.80. The molecule has 0 unspecified atom stereocenters. The van der Waals surface area contributed by atoms with Crippen LogP contribution >= 0.6 is 11.8 Å². The molecule has 0 aromatic heterocycles. The average Bonchev–Trinajstić information content (AvgIpc) is 2.48. The lowest BCUT2D eigenvalue weighted by Crippen LogP contribution is -2.10. The van der Waals surface area contributed by atoms with Crippen molar-refractivity contribution in [2.24, 2.45) is 5.73 Å². The van der Waals surface area contributed by atoms with Crippen LogP contribution in [-0.2, 0) is 6.42 Å². The van der Waals surface area contributed by atoms with Crippen molar-refractivity contribution in [1.82, 2.24) is 0 Å². The molecule has 0 spiro atoms. The van der Waals surface area contributed by atoms with Crippen molar-refractivity contribution in [3.8, 4) is 6.07 Å². The summed E-state index contributed by atoms with van der Waals surface area (Å²) in [5, 5.41) is 8.72. The first kappa shape index (κ1) is 14.2. The Bertz CT molecular complexity index is 627. The van der Waals surface area contributed by atoms with E-state index in [2.05, 4.69) is 6.07 Å². The van der Waals surface area contributed by atoms with Crippen molar-refractivity contribution in [3.63, 3.8) is 0 Å². The zero-order valence-corrected chi connectivity index (χ0v) is 11.7. The summed E-state index contributed by atoms with van der Waals surface area (Å²) in [4.78, 5) is 12.1. The number of rotatable bonds is 5. The fourth-order valence-electron chi connectivity index (χ4n) is 1.75. The van der Waals surface area contributed by atoms with Crippen molar-refractivity contribution >= 4 is 17.7 Å². The second kappa shape index (κ2) is 6.78. The lowest BCUT2D eigenvalue weighted by molar-refractivity contribution is 0.100. The summed E-state index contributed by atoms with van der Waals surface area (Å²) in [7, 11) is 0. The summed E-state index contributed by atoms with van der Waals surface area (Å²) < 4.78 is 0. The van der Waals surface area contributed by atoms with Crippen LogP contribution in [0.1, 0.15) is 21.5 Å². The summed E-state index contributed by atoms with van der Waals surface area (Å²) in [6.45, 7) is 0. The number of nitriles is 1. The number of aryl methyl sites for hydroxylation is 1. The first-order chi connectivity index (χ1) is 9.69. The average molecular weight is 282 g/mol. The SMILES string of the molecule is N#Cc1ccc(SCCc2ccc(C(N)=O)cc2)cc1. The van der Waals surface area contributed by atoms with Gasteiger partial charge in [0.1, 0.15) is 0 Å². The van der Waals surface area contributed by atoms with E-state index in [1.54, 1.807) is 23.9 Å². The number of benzene rings is 2. The van der Waals surface area contributed by atoms with E-state index in [1.165, 1.54) is 5.56 Å². The van der Waals surface area contributed by atoms with E-state index in [0.29, 0.717) is 11.1 Å². The van der Waals surface area contributed by atoms with E-state index >= 15 is 0 Å². The Balaban J connectivity index is 1.86. The van der Waals surface area contributed by atoms with Gasteiger partial charge in [-0.15, -0.1) is 11.8 Å². The fraction of sp³-hybridized carbons (Fsp3) is 0.125. The molecule has 0 aliphatic carbocycles. The Hall–Kier alpha value is -2.25. The molecule has 0 saturated heterocycles. The van der Waals surface area contributed by atoms with Gasteiger partial charge in [-0.25, -0.2) is 0 Å². The number of primary amides is 1. The topological polar surface area (TPSA) is 66.9 Å². The van der Waals surface area contributed by atoms with Crippen LogP contribution in [-0.4, -0.2) is 11.7 Å². The molecule has 2 aromatic carbocycles. The van der Waals surface area contributed by atoms with Gasteiger partial charge in [0, 0.05) is 16.2 Å². The quantitative estimate of drug-likeness (QED) is 0.857. The van der Waals surface area contributed by atoms with E-state index in [-0.39, 0.29) is 0 Å². The summed E-state index contributed by atoms with van der Waals surface area (Å²) in [6, 6.07) is 17.0. The Morgan fingerprint density at radius 3 is 2.30 bits per heavy atom. The lowest BCUT2D eigenvalue weighted by Gasteiger charge is -2.03. The van der Waals surface area contributed by atoms with Gasteiger partial charge in [0.2, 0.25) is 5.91 Å². The van der Waals surface area contributed by atoms with E-state index in [1.807, 2.05) is 36.4 Å². The highest BCUT2D eigenvalue weighted by Gasteiger charge is 2.00. The molecule has 0 aliphatic heterocycles. The van der Waals surface area contributed by atoms with Crippen molar-refractivity contribution in [2.75, 3.05) is 5.75 Å². The van der Waals surface area contributed by atoms with Crippen LogP contribution in [0.4, 0.5) is 0 Å². The Morgan fingerprint density at radius 1 is 1.10 bits per heavy atom. The molecule has 0 saturated carbocycles. The summed E-state index contributed by atoms with van der Waals surface area (Å²) in [5.74, 6) is 0.547. The third kappa shape index (κ3) is 3.87. The summed E-state index contributed by atoms with van der Waals surface area (Å²) >= 11 is 1.74. The van der Waals surface area contributed by atoms with E-state index in [4.69, 9.17) is 11.0 Å². The predicted octanol–water partition coefficient (Wildman–Crippen LogP) is 2.99. The number of thioether (sulfide) groups is 1. The second-order valence-corrected chi connectivity index (χ2v) is 5.46. The maximum atomic E-state index is 11.0. The number of amides is 1. The van der Waals surface area contributed by atoms with Gasteiger partial charge in [-0.1, -0.05) is 12.1 Å². The van der Waals surface area contributed by atoms with Gasteiger partial charge in [-0.2, -0.15) is 5.26 Å². The molecule has 3 nitrogen and oxygen atoms in total. The van der Waals surface area contributed by atoms with Crippen LogP contribution in [0.25, 0.3) is 0 Å². The van der Waals surface area contributed by atoms with Crippen molar-refractivity contribution in [2.45, 2.75) is 11.3 Å².